The van der Waals surface area contributed by atoms with Crippen molar-refractivity contribution in [1.82, 2.24) is 10.2 Å². The maximum Gasteiger partial charge on any atom is 0.257 e. The molecule has 1 heterocycles. The average Bonchev–Trinajstić information content (AvgIpc) is 3.08. The van der Waals surface area contributed by atoms with Crippen LogP contribution in [-0.2, 0) is 4.79 Å². The highest BCUT2D eigenvalue weighted by Gasteiger charge is 2.12. The van der Waals surface area contributed by atoms with E-state index in [1.807, 2.05) is 0 Å². The van der Waals surface area contributed by atoms with Crippen LogP contribution in [0.15, 0.2) is 57.3 Å². The summed E-state index contributed by atoms with van der Waals surface area (Å²) >= 11 is 11.7. The van der Waals surface area contributed by atoms with Crippen LogP contribution in [0.3, 0.4) is 0 Å². The van der Waals surface area contributed by atoms with Gasteiger partial charge in [0.1, 0.15) is 0 Å². The Bertz CT molecular complexity index is 966. The first-order chi connectivity index (χ1) is 13.0. The second kappa shape index (κ2) is 9.32. The van der Waals surface area contributed by atoms with Crippen LogP contribution < -0.4 is 10.6 Å². The normalized spacial score (nSPS) is 10.4. The van der Waals surface area contributed by atoms with E-state index >= 15 is 0 Å². The van der Waals surface area contributed by atoms with Gasteiger partial charge in [0.15, 0.2) is 4.34 Å². The maximum absolute atomic E-state index is 12.2. The summed E-state index contributed by atoms with van der Waals surface area (Å²) in [5.74, 6) is -0.284. The lowest BCUT2D eigenvalue weighted by molar-refractivity contribution is -0.113. The summed E-state index contributed by atoms with van der Waals surface area (Å²) in [5, 5.41) is 14.3. The highest BCUT2D eigenvalue weighted by Crippen LogP contribution is 2.26. The summed E-state index contributed by atoms with van der Waals surface area (Å²) in [6.45, 7) is 0. The lowest BCUT2D eigenvalue weighted by Gasteiger charge is -2.04. The minimum Gasteiger partial charge on any atom is -0.325 e. The molecule has 27 heavy (non-hydrogen) atoms. The summed E-state index contributed by atoms with van der Waals surface area (Å²) in [5.41, 5.74) is 1.15. The van der Waals surface area contributed by atoms with Crippen LogP contribution in [0.25, 0.3) is 0 Å². The van der Waals surface area contributed by atoms with Crippen molar-refractivity contribution in [2.45, 2.75) is 4.34 Å². The fraction of sp³-hybridized carbons (Fsp3) is 0.0588. The smallest absolute Gasteiger partial charge is 0.257 e. The van der Waals surface area contributed by atoms with Crippen molar-refractivity contribution in [2.24, 2.45) is 0 Å². The molecule has 10 heteroatoms. The number of nitrogens with zero attached hydrogens (tertiary/aromatic N) is 2. The van der Waals surface area contributed by atoms with Crippen molar-refractivity contribution in [3.8, 4) is 0 Å². The van der Waals surface area contributed by atoms with Crippen LogP contribution >= 0.6 is 50.6 Å². The van der Waals surface area contributed by atoms with Crippen molar-refractivity contribution < 1.29 is 9.59 Å². The number of hydrogen-bond acceptors (Lipinski definition) is 6. The minimum atomic E-state index is -0.270. The van der Waals surface area contributed by atoms with Gasteiger partial charge in [-0.2, -0.15) is 0 Å². The summed E-state index contributed by atoms with van der Waals surface area (Å²) in [4.78, 5) is 24.2. The third-order valence-electron chi connectivity index (χ3n) is 3.17. The molecule has 3 aromatic rings. The number of aromatic nitrogens is 2. The van der Waals surface area contributed by atoms with E-state index in [9.17, 15) is 9.59 Å². The van der Waals surface area contributed by atoms with Gasteiger partial charge in [0.05, 0.1) is 5.75 Å². The lowest BCUT2D eigenvalue weighted by Crippen LogP contribution is -2.13. The molecule has 0 spiro atoms. The Morgan fingerprint density at radius 3 is 2.63 bits per heavy atom. The number of thioether (sulfide) groups is 1. The summed E-state index contributed by atoms with van der Waals surface area (Å²) in [6.07, 6.45) is 0. The van der Waals surface area contributed by atoms with Gasteiger partial charge in [0.25, 0.3) is 5.91 Å². The number of benzene rings is 2. The standard InChI is InChI=1S/C17H12BrClN4O2S2/c18-11-6-4-10(5-7-11)15(25)21-16-22-23-17(27-16)26-9-14(24)20-13-3-1-2-12(19)8-13/h1-8H,9H2,(H,20,24)(H,21,22,25). The lowest BCUT2D eigenvalue weighted by atomic mass is 10.2. The molecule has 1 aromatic heterocycles. The van der Waals surface area contributed by atoms with E-state index in [-0.39, 0.29) is 17.6 Å². The zero-order valence-corrected chi connectivity index (χ0v) is 17.6. The largest absolute Gasteiger partial charge is 0.325 e. The van der Waals surface area contributed by atoms with Crippen LogP contribution in [0.5, 0.6) is 0 Å². The van der Waals surface area contributed by atoms with Gasteiger partial charge in [0.2, 0.25) is 11.0 Å². The first-order valence-corrected chi connectivity index (χ1v) is 10.6. The van der Waals surface area contributed by atoms with Gasteiger partial charge in [0, 0.05) is 20.7 Å². The van der Waals surface area contributed by atoms with Gasteiger partial charge >= 0.3 is 0 Å². The fourth-order valence-corrected chi connectivity index (χ4v) is 3.98. The molecule has 0 atom stereocenters. The topological polar surface area (TPSA) is 84.0 Å². The number of amides is 2. The zero-order chi connectivity index (χ0) is 19.2. The molecule has 0 saturated carbocycles. The zero-order valence-electron chi connectivity index (χ0n) is 13.6. The van der Waals surface area contributed by atoms with Crippen LogP contribution in [0, 0.1) is 0 Å². The summed E-state index contributed by atoms with van der Waals surface area (Å²) < 4.78 is 1.48. The van der Waals surface area contributed by atoms with Crippen molar-refractivity contribution >= 4 is 73.3 Å². The highest BCUT2D eigenvalue weighted by molar-refractivity contribution is 9.10. The predicted molar refractivity (Wildman–Crippen MR) is 113 cm³/mol. The van der Waals surface area contributed by atoms with Crippen molar-refractivity contribution in [3.63, 3.8) is 0 Å². The van der Waals surface area contributed by atoms with Gasteiger partial charge < -0.3 is 5.32 Å². The molecule has 0 aliphatic heterocycles. The van der Waals surface area contributed by atoms with Crippen molar-refractivity contribution in [3.05, 3.63) is 63.6 Å². The Balaban J connectivity index is 1.51. The molecule has 2 amide bonds. The minimum absolute atomic E-state index is 0.168. The van der Waals surface area contributed by atoms with Gasteiger partial charge in [-0.05, 0) is 42.5 Å². The first kappa shape index (κ1) is 19.8. The third-order valence-corrected chi connectivity index (χ3v) is 5.90. The number of rotatable bonds is 6. The molecule has 0 fully saturated rings. The van der Waals surface area contributed by atoms with Gasteiger partial charge in [-0.25, -0.2) is 0 Å². The van der Waals surface area contributed by atoms with Crippen LogP contribution in [-0.4, -0.2) is 27.8 Å². The average molecular weight is 484 g/mol. The molecular formula is C17H12BrClN4O2S2. The first-order valence-electron chi connectivity index (χ1n) is 7.58. The summed E-state index contributed by atoms with van der Waals surface area (Å²) in [7, 11) is 0. The molecule has 0 aliphatic rings. The molecule has 2 N–H and O–H groups in total. The van der Waals surface area contributed by atoms with Gasteiger partial charge in [-0.3, -0.25) is 14.9 Å². The SMILES string of the molecule is O=C(CSc1nnc(NC(=O)c2ccc(Br)cc2)s1)Nc1cccc(Cl)c1. The quantitative estimate of drug-likeness (QED) is 0.383. The molecule has 0 unspecified atom stereocenters. The Morgan fingerprint density at radius 2 is 1.89 bits per heavy atom. The number of halogens is 2. The summed E-state index contributed by atoms with van der Waals surface area (Å²) in [6, 6.07) is 13.9. The molecule has 6 nitrogen and oxygen atoms in total. The Kier molecular flexibility index (Phi) is 6.84. The van der Waals surface area contributed by atoms with Crippen molar-refractivity contribution in [2.75, 3.05) is 16.4 Å². The molecule has 2 aromatic carbocycles. The molecule has 3 rings (SSSR count). The molecule has 0 bridgehead atoms. The number of carbonyl (C=O) groups is 2. The highest BCUT2D eigenvalue weighted by atomic mass is 79.9. The predicted octanol–water partition coefficient (Wildman–Crippen LogP) is 4.94. The van der Waals surface area contributed by atoms with E-state index in [0.717, 1.165) is 4.47 Å². The second-order valence-corrected chi connectivity index (χ2v) is 8.73. The van der Waals surface area contributed by atoms with E-state index in [4.69, 9.17) is 11.6 Å². The van der Waals surface area contributed by atoms with Gasteiger partial charge in [-0.1, -0.05) is 56.7 Å². The van der Waals surface area contributed by atoms with Crippen molar-refractivity contribution in [1.29, 1.82) is 0 Å². The monoisotopic (exact) mass is 482 g/mol. The van der Waals surface area contributed by atoms with E-state index in [0.29, 0.717) is 25.7 Å². The number of carbonyl (C=O) groups excluding carboxylic acids is 2. The van der Waals surface area contributed by atoms with E-state index in [2.05, 4.69) is 36.8 Å². The Hall–Kier alpha value is -1.94. The Morgan fingerprint density at radius 1 is 1.11 bits per heavy atom. The molecule has 138 valence electrons. The van der Waals surface area contributed by atoms with Gasteiger partial charge in [-0.15, -0.1) is 10.2 Å². The van der Waals surface area contributed by atoms with Crippen LogP contribution in [0.2, 0.25) is 5.02 Å². The van der Waals surface area contributed by atoms with Crippen LogP contribution in [0.4, 0.5) is 10.8 Å². The third kappa shape index (κ3) is 6.03. The molecular weight excluding hydrogens is 472 g/mol. The molecule has 0 aliphatic carbocycles. The van der Waals surface area contributed by atoms with E-state index in [1.54, 1.807) is 48.5 Å². The van der Waals surface area contributed by atoms with Crippen LogP contribution in [0.1, 0.15) is 10.4 Å². The Labute approximate surface area is 176 Å². The number of nitrogens with one attached hydrogen (secondary N) is 2. The number of hydrogen-bond donors (Lipinski definition) is 2. The maximum atomic E-state index is 12.2. The van der Waals surface area contributed by atoms with E-state index < -0.39 is 0 Å². The fourth-order valence-electron chi connectivity index (χ4n) is 1.98. The second-order valence-electron chi connectivity index (χ2n) is 5.18. The molecule has 0 saturated heterocycles. The number of anilines is 2. The van der Waals surface area contributed by atoms with E-state index in [1.165, 1.54) is 23.1 Å². The molecule has 0 radical (unpaired) electrons.